The number of aromatic nitrogens is 3. The summed E-state index contributed by atoms with van der Waals surface area (Å²) in [5, 5.41) is 15.8. The highest BCUT2D eigenvalue weighted by molar-refractivity contribution is 7.89. The molecule has 116 valence electrons. The van der Waals surface area contributed by atoms with E-state index in [4.69, 9.17) is 0 Å². The summed E-state index contributed by atoms with van der Waals surface area (Å²) >= 11 is 0. The molecular formula is C13H20N4O3S. The zero-order valence-electron chi connectivity index (χ0n) is 12.1. The number of aryl methyl sites for hydroxylation is 1. The summed E-state index contributed by atoms with van der Waals surface area (Å²) in [5.74, 6) is 0. The normalized spacial score (nSPS) is 13.5. The Morgan fingerprint density at radius 1 is 1.52 bits per heavy atom. The minimum Gasteiger partial charge on any atom is -0.390 e. The van der Waals surface area contributed by atoms with Crippen LogP contribution >= 0.6 is 0 Å². The minimum absolute atomic E-state index is 0.162. The third-order valence-corrected chi connectivity index (χ3v) is 4.76. The second kappa shape index (κ2) is 6.42. The Kier molecular flexibility index (Phi) is 4.81. The highest BCUT2D eigenvalue weighted by atomic mass is 32.2. The molecular weight excluding hydrogens is 292 g/mol. The van der Waals surface area contributed by atoms with Crippen LogP contribution in [0.15, 0.2) is 29.6 Å². The average Bonchev–Trinajstić information content (AvgIpc) is 3.08. The fourth-order valence-corrected chi connectivity index (χ4v) is 3.41. The van der Waals surface area contributed by atoms with Crippen LogP contribution in [0.5, 0.6) is 0 Å². The van der Waals surface area contributed by atoms with Gasteiger partial charge in [0.05, 0.1) is 17.7 Å². The van der Waals surface area contributed by atoms with Crippen molar-refractivity contribution < 1.29 is 13.5 Å². The zero-order valence-corrected chi connectivity index (χ0v) is 12.9. The van der Waals surface area contributed by atoms with Gasteiger partial charge in [0, 0.05) is 36.2 Å². The van der Waals surface area contributed by atoms with E-state index in [0.717, 1.165) is 12.0 Å². The van der Waals surface area contributed by atoms with Crippen molar-refractivity contribution in [3.63, 3.8) is 0 Å². The van der Waals surface area contributed by atoms with Gasteiger partial charge in [-0.1, -0.05) is 6.92 Å². The van der Waals surface area contributed by atoms with Crippen molar-refractivity contribution in [2.45, 2.75) is 44.4 Å². The van der Waals surface area contributed by atoms with E-state index in [9.17, 15) is 13.5 Å². The van der Waals surface area contributed by atoms with Crippen LogP contribution in [0.4, 0.5) is 0 Å². The Hall–Kier alpha value is -1.64. The van der Waals surface area contributed by atoms with E-state index in [2.05, 4.69) is 14.9 Å². The largest absolute Gasteiger partial charge is 0.390 e. The molecule has 2 heterocycles. The summed E-state index contributed by atoms with van der Waals surface area (Å²) in [6.45, 7) is 4.22. The van der Waals surface area contributed by atoms with Gasteiger partial charge in [0.2, 0.25) is 10.0 Å². The first-order valence-corrected chi connectivity index (χ1v) is 8.27. The number of hydrogen-bond donors (Lipinski definition) is 3. The lowest BCUT2D eigenvalue weighted by Crippen LogP contribution is -2.26. The quantitative estimate of drug-likeness (QED) is 0.714. The average molecular weight is 312 g/mol. The van der Waals surface area contributed by atoms with E-state index in [1.807, 2.05) is 6.92 Å². The summed E-state index contributed by atoms with van der Waals surface area (Å²) in [6.07, 6.45) is 5.64. The van der Waals surface area contributed by atoms with E-state index >= 15 is 0 Å². The summed E-state index contributed by atoms with van der Waals surface area (Å²) in [6, 6.07) is 1.11. The third-order valence-electron chi connectivity index (χ3n) is 3.25. The molecule has 0 saturated carbocycles. The standard InChI is InChI=1S/C13H20N4O3S/c1-3-4-17-8-13(5-12(17)9-18)21(19,20)16-10(2)11-6-14-15-7-11/h5-8,10,16,18H,3-4,9H2,1-2H3,(H,14,15). The zero-order chi connectivity index (χ0) is 15.5. The number of aromatic amines is 1. The first-order chi connectivity index (χ1) is 9.97. The number of hydrogen-bond acceptors (Lipinski definition) is 4. The van der Waals surface area contributed by atoms with Crippen molar-refractivity contribution >= 4 is 10.0 Å². The highest BCUT2D eigenvalue weighted by Crippen LogP contribution is 2.19. The Morgan fingerprint density at radius 3 is 2.86 bits per heavy atom. The lowest BCUT2D eigenvalue weighted by molar-refractivity contribution is 0.270. The lowest BCUT2D eigenvalue weighted by atomic mass is 10.2. The number of nitrogens with one attached hydrogen (secondary N) is 2. The van der Waals surface area contributed by atoms with Crippen molar-refractivity contribution in [1.29, 1.82) is 0 Å². The van der Waals surface area contributed by atoms with Crippen LogP contribution in [-0.2, 0) is 23.2 Å². The molecule has 3 N–H and O–H groups in total. The van der Waals surface area contributed by atoms with Crippen LogP contribution in [0.2, 0.25) is 0 Å². The first-order valence-electron chi connectivity index (χ1n) is 6.79. The summed E-state index contributed by atoms with van der Waals surface area (Å²) < 4.78 is 29.1. The fraction of sp³-hybridized carbons (Fsp3) is 0.462. The minimum atomic E-state index is -3.64. The maximum Gasteiger partial charge on any atom is 0.242 e. The van der Waals surface area contributed by atoms with Crippen LogP contribution in [0, 0.1) is 0 Å². The molecule has 0 aromatic carbocycles. The molecule has 2 aromatic rings. The number of nitrogens with zero attached hydrogens (tertiary/aromatic N) is 2. The van der Waals surface area contributed by atoms with Crippen molar-refractivity contribution in [3.8, 4) is 0 Å². The van der Waals surface area contributed by atoms with E-state index in [0.29, 0.717) is 12.2 Å². The van der Waals surface area contributed by atoms with Gasteiger partial charge in [0.1, 0.15) is 0 Å². The third kappa shape index (κ3) is 3.52. The van der Waals surface area contributed by atoms with Crippen LogP contribution in [0.1, 0.15) is 37.6 Å². The van der Waals surface area contributed by atoms with Gasteiger partial charge >= 0.3 is 0 Å². The molecule has 0 aliphatic heterocycles. The lowest BCUT2D eigenvalue weighted by Gasteiger charge is -2.11. The predicted molar refractivity (Wildman–Crippen MR) is 78.0 cm³/mol. The molecule has 0 saturated heterocycles. The molecule has 2 aromatic heterocycles. The van der Waals surface area contributed by atoms with E-state index in [-0.39, 0.29) is 17.5 Å². The van der Waals surface area contributed by atoms with Crippen LogP contribution in [0.3, 0.4) is 0 Å². The van der Waals surface area contributed by atoms with Gasteiger partial charge in [-0.2, -0.15) is 5.10 Å². The van der Waals surface area contributed by atoms with Gasteiger partial charge in [-0.25, -0.2) is 13.1 Å². The molecule has 0 bridgehead atoms. The van der Waals surface area contributed by atoms with Crippen molar-refractivity contribution in [3.05, 3.63) is 35.9 Å². The number of H-pyrrole nitrogens is 1. The molecule has 1 unspecified atom stereocenters. The van der Waals surface area contributed by atoms with Crippen molar-refractivity contribution in [2.24, 2.45) is 0 Å². The number of rotatable bonds is 7. The number of sulfonamides is 1. The molecule has 7 nitrogen and oxygen atoms in total. The van der Waals surface area contributed by atoms with Gasteiger partial charge in [-0.05, 0) is 19.4 Å². The number of aliphatic hydroxyl groups is 1. The molecule has 1 atom stereocenters. The predicted octanol–water partition coefficient (Wildman–Crippen LogP) is 1.15. The monoisotopic (exact) mass is 312 g/mol. The molecule has 8 heteroatoms. The Labute approximate surface area is 124 Å². The maximum absolute atomic E-state index is 12.4. The van der Waals surface area contributed by atoms with Crippen LogP contribution < -0.4 is 4.72 Å². The van der Waals surface area contributed by atoms with E-state index in [1.165, 1.54) is 6.07 Å². The fourth-order valence-electron chi connectivity index (χ4n) is 2.12. The summed E-state index contributed by atoms with van der Waals surface area (Å²) in [5.41, 5.74) is 1.35. The summed E-state index contributed by atoms with van der Waals surface area (Å²) in [7, 11) is -3.64. The van der Waals surface area contributed by atoms with Crippen LogP contribution in [0.25, 0.3) is 0 Å². The van der Waals surface area contributed by atoms with Gasteiger partial charge in [0.15, 0.2) is 0 Å². The Balaban J connectivity index is 2.23. The van der Waals surface area contributed by atoms with Gasteiger partial charge < -0.3 is 9.67 Å². The molecule has 21 heavy (non-hydrogen) atoms. The maximum atomic E-state index is 12.4. The Bertz CT molecular complexity index is 676. The second-order valence-electron chi connectivity index (χ2n) is 4.89. The van der Waals surface area contributed by atoms with E-state index in [1.54, 1.807) is 30.1 Å². The topological polar surface area (TPSA) is 100 Å². The molecule has 0 spiro atoms. The molecule has 0 radical (unpaired) electrons. The molecule has 0 fully saturated rings. The van der Waals surface area contributed by atoms with Crippen molar-refractivity contribution in [2.75, 3.05) is 0 Å². The van der Waals surface area contributed by atoms with E-state index < -0.39 is 10.0 Å². The van der Waals surface area contributed by atoms with Crippen LogP contribution in [-0.4, -0.2) is 28.3 Å². The smallest absolute Gasteiger partial charge is 0.242 e. The SMILES string of the molecule is CCCn1cc(S(=O)(=O)NC(C)c2cn[nH]c2)cc1CO. The Morgan fingerprint density at radius 2 is 2.29 bits per heavy atom. The highest BCUT2D eigenvalue weighted by Gasteiger charge is 2.21. The first kappa shape index (κ1) is 15.7. The summed E-state index contributed by atoms with van der Waals surface area (Å²) in [4.78, 5) is 0.162. The second-order valence-corrected chi connectivity index (χ2v) is 6.61. The van der Waals surface area contributed by atoms with Gasteiger partial charge in [-0.3, -0.25) is 5.10 Å². The van der Waals surface area contributed by atoms with Gasteiger partial charge in [-0.15, -0.1) is 0 Å². The van der Waals surface area contributed by atoms with Crippen molar-refractivity contribution in [1.82, 2.24) is 19.5 Å². The molecule has 0 aliphatic carbocycles. The molecule has 0 aliphatic rings. The molecule has 0 amide bonds. The number of aliphatic hydroxyl groups excluding tert-OH is 1. The van der Waals surface area contributed by atoms with Gasteiger partial charge in [0.25, 0.3) is 0 Å². The molecule has 2 rings (SSSR count).